The van der Waals surface area contributed by atoms with Crippen molar-refractivity contribution in [1.29, 1.82) is 0 Å². The summed E-state index contributed by atoms with van der Waals surface area (Å²) in [5.74, 6) is -0.998. The summed E-state index contributed by atoms with van der Waals surface area (Å²) in [6, 6.07) is 20.4. The molecule has 0 saturated carbocycles. The summed E-state index contributed by atoms with van der Waals surface area (Å²) < 4.78 is 14.1. The van der Waals surface area contributed by atoms with E-state index in [0.717, 1.165) is 16.0 Å². The molecule has 4 nitrogen and oxygen atoms in total. The Morgan fingerprint density at radius 2 is 1.53 bits per heavy atom. The van der Waals surface area contributed by atoms with Crippen molar-refractivity contribution in [2.75, 3.05) is 6.26 Å². The molecule has 3 aromatic carbocycles. The Bertz CT molecular complexity index is 1350. The molecule has 32 heavy (non-hydrogen) atoms. The largest absolute Gasteiger partial charge is 0.269 e. The van der Waals surface area contributed by atoms with Crippen molar-refractivity contribution >= 4 is 34.5 Å². The molecule has 0 radical (unpaired) electrons. The van der Waals surface area contributed by atoms with Crippen molar-refractivity contribution in [3.05, 3.63) is 95.4 Å². The molecule has 1 atom stereocenters. The number of benzene rings is 3. The fraction of sp³-hybridized carbons (Fsp3) is 0.115. The lowest BCUT2D eigenvalue weighted by Crippen LogP contribution is -2.33. The van der Waals surface area contributed by atoms with Gasteiger partial charge in [0.15, 0.2) is 0 Å². The number of hydrogen-bond donors (Lipinski definition) is 0. The van der Waals surface area contributed by atoms with Gasteiger partial charge in [-0.2, -0.15) is 0 Å². The van der Waals surface area contributed by atoms with Crippen LogP contribution in [-0.4, -0.2) is 28.0 Å². The number of carbonyl (C=O) groups is 2. The van der Waals surface area contributed by atoms with Crippen molar-refractivity contribution in [3.8, 4) is 11.1 Å². The van der Waals surface area contributed by atoms with E-state index in [1.54, 1.807) is 30.3 Å². The second kappa shape index (κ2) is 7.88. The fourth-order valence-electron chi connectivity index (χ4n) is 4.30. The summed E-state index contributed by atoms with van der Waals surface area (Å²) in [5.41, 5.74) is 3.73. The second-order valence-corrected chi connectivity index (χ2v) is 8.45. The van der Waals surface area contributed by atoms with E-state index in [9.17, 15) is 14.0 Å². The van der Waals surface area contributed by atoms with E-state index in [1.165, 1.54) is 28.8 Å². The van der Waals surface area contributed by atoms with E-state index in [4.69, 9.17) is 4.98 Å². The van der Waals surface area contributed by atoms with E-state index in [0.29, 0.717) is 27.7 Å². The number of amides is 2. The predicted molar refractivity (Wildman–Crippen MR) is 124 cm³/mol. The van der Waals surface area contributed by atoms with Crippen molar-refractivity contribution in [1.82, 2.24) is 9.88 Å². The first-order chi connectivity index (χ1) is 15.5. The smallest absolute Gasteiger partial charge is 0.262 e. The third-order valence-corrected chi connectivity index (χ3v) is 6.63. The zero-order valence-electron chi connectivity index (χ0n) is 17.5. The number of hydrogen-bond acceptors (Lipinski definition) is 4. The minimum atomic E-state index is -0.613. The molecule has 2 heterocycles. The van der Waals surface area contributed by atoms with Crippen LogP contribution in [-0.2, 0) is 0 Å². The van der Waals surface area contributed by atoms with Crippen LogP contribution in [0.5, 0.6) is 0 Å². The van der Waals surface area contributed by atoms with Crippen molar-refractivity contribution in [3.63, 3.8) is 0 Å². The summed E-state index contributed by atoms with van der Waals surface area (Å²) in [5, 5.41) is 0.703. The molecule has 6 heteroatoms. The first-order valence-electron chi connectivity index (χ1n) is 10.2. The van der Waals surface area contributed by atoms with Gasteiger partial charge in [-0.1, -0.05) is 42.5 Å². The molecule has 0 N–H and O–H groups in total. The van der Waals surface area contributed by atoms with Gasteiger partial charge < -0.3 is 0 Å². The zero-order valence-corrected chi connectivity index (χ0v) is 18.3. The Morgan fingerprint density at radius 3 is 2.16 bits per heavy atom. The van der Waals surface area contributed by atoms with Gasteiger partial charge in [0.2, 0.25) is 0 Å². The number of nitrogens with zero attached hydrogens (tertiary/aromatic N) is 2. The Labute approximate surface area is 189 Å². The quantitative estimate of drug-likeness (QED) is 0.282. The maximum Gasteiger partial charge on any atom is 0.262 e. The number of aromatic nitrogens is 1. The normalized spacial score (nSPS) is 14.2. The summed E-state index contributed by atoms with van der Waals surface area (Å²) in [4.78, 5) is 33.3. The van der Waals surface area contributed by atoms with Gasteiger partial charge in [0.05, 0.1) is 28.4 Å². The zero-order chi connectivity index (χ0) is 22.4. The lowest BCUT2D eigenvalue weighted by molar-refractivity contribution is 0.0593. The molecule has 0 fully saturated rings. The second-order valence-electron chi connectivity index (χ2n) is 7.63. The highest BCUT2D eigenvalue weighted by atomic mass is 32.2. The van der Waals surface area contributed by atoms with E-state index < -0.39 is 6.04 Å². The molecular formula is C26H19FN2O2S. The maximum absolute atomic E-state index is 14.1. The standard InChI is InChI=1S/C26H19FN2O2S/c1-15(29-25(30)18-10-6-7-11-19(18)26(29)31)23-22(16-8-4-3-5-9-16)24(32-2)20-14-17(27)12-13-21(20)28-23/h3-15H,1-2H3. The van der Waals surface area contributed by atoms with E-state index in [-0.39, 0.29) is 17.6 Å². The van der Waals surface area contributed by atoms with Crippen LogP contribution in [0.2, 0.25) is 0 Å². The van der Waals surface area contributed by atoms with E-state index in [2.05, 4.69) is 0 Å². The van der Waals surface area contributed by atoms with Crippen LogP contribution in [0.3, 0.4) is 0 Å². The first kappa shape index (κ1) is 20.4. The SMILES string of the molecule is CSc1c(-c2ccccc2)c(C(C)N2C(=O)c3ccccc3C2=O)nc2ccc(F)cc12. The van der Waals surface area contributed by atoms with Crippen molar-refractivity contribution < 1.29 is 14.0 Å². The maximum atomic E-state index is 14.1. The summed E-state index contributed by atoms with van der Waals surface area (Å²) in [6.07, 6.45) is 1.93. The Balaban J connectivity index is 1.76. The molecular weight excluding hydrogens is 423 g/mol. The first-order valence-corrected chi connectivity index (χ1v) is 11.4. The van der Waals surface area contributed by atoms with Gasteiger partial charge >= 0.3 is 0 Å². The molecule has 1 aliphatic rings. The van der Waals surface area contributed by atoms with Crippen LogP contribution in [0.1, 0.15) is 39.4 Å². The lowest BCUT2D eigenvalue weighted by Gasteiger charge is -2.26. The van der Waals surface area contributed by atoms with Gasteiger partial charge in [-0.25, -0.2) is 9.37 Å². The number of fused-ring (bicyclic) bond motifs is 2. The molecule has 2 amide bonds. The van der Waals surface area contributed by atoms with Gasteiger partial charge in [-0.3, -0.25) is 14.5 Å². The summed E-state index contributed by atoms with van der Waals surface area (Å²) >= 11 is 1.50. The Morgan fingerprint density at radius 1 is 0.906 bits per heavy atom. The highest BCUT2D eigenvalue weighted by Gasteiger charge is 2.40. The monoisotopic (exact) mass is 442 g/mol. The highest BCUT2D eigenvalue weighted by molar-refractivity contribution is 7.99. The van der Waals surface area contributed by atoms with Crippen LogP contribution in [0.15, 0.2) is 77.7 Å². The number of halogens is 1. The number of pyridine rings is 1. The minimum Gasteiger partial charge on any atom is -0.269 e. The number of thioether (sulfide) groups is 1. The molecule has 0 bridgehead atoms. The van der Waals surface area contributed by atoms with Crippen LogP contribution >= 0.6 is 11.8 Å². The predicted octanol–water partition coefficient (Wildman–Crippen LogP) is 6.12. The molecule has 1 aromatic heterocycles. The van der Waals surface area contributed by atoms with E-state index >= 15 is 0 Å². The van der Waals surface area contributed by atoms with Gasteiger partial charge in [0, 0.05) is 15.8 Å². The van der Waals surface area contributed by atoms with Gasteiger partial charge in [-0.05, 0) is 49.1 Å². The average Bonchev–Trinajstić information content (AvgIpc) is 3.08. The molecule has 0 spiro atoms. The van der Waals surface area contributed by atoms with E-state index in [1.807, 2.05) is 43.5 Å². The molecule has 0 saturated heterocycles. The Kier molecular flexibility index (Phi) is 5.02. The van der Waals surface area contributed by atoms with Crippen molar-refractivity contribution in [2.45, 2.75) is 17.9 Å². The number of rotatable bonds is 4. The minimum absolute atomic E-state index is 0.330. The third-order valence-electron chi connectivity index (χ3n) is 5.80. The topological polar surface area (TPSA) is 50.3 Å². The molecule has 1 unspecified atom stereocenters. The van der Waals surface area contributed by atoms with Gasteiger partial charge in [-0.15, -0.1) is 11.8 Å². The van der Waals surface area contributed by atoms with Crippen LogP contribution in [0.4, 0.5) is 4.39 Å². The number of carbonyl (C=O) groups excluding carboxylic acids is 2. The lowest BCUT2D eigenvalue weighted by atomic mass is 9.97. The summed E-state index contributed by atoms with van der Waals surface area (Å²) in [7, 11) is 0. The van der Waals surface area contributed by atoms with Crippen LogP contribution in [0, 0.1) is 5.82 Å². The van der Waals surface area contributed by atoms with Gasteiger partial charge in [0.1, 0.15) is 5.82 Å². The average molecular weight is 443 g/mol. The van der Waals surface area contributed by atoms with Crippen molar-refractivity contribution in [2.24, 2.45) is 0 Å². The molecule has 4 aromatic rings. The van der Waals surface area contributed by atoms with Crippen LogP contribution in [0.25, 0.3) is 22.0 Å². The molecule has 0 aliphatic carbocycles. The molecule has 158 valence electrons. The van der Waals surface area contributed by atoms with Gasteiger partial charge in [0.25, 0.3) is 11.8 Å². The molecule has 1 aliphatic heterocycles. The third kappa shape index (κ3) is 3.10. The molecule has 5 rings (SSSR count). The highest BCUT2D eigenvalue weighted by Crippen LogP contribution is 2.42. The summed E-state index contributed by atoms with van der Waals surface area (Å²) in [6.45, 7) is 1.82. The van der Waals surface area contributed by atoms with Crippen LogP contribution < -0.4 is 0 Å². The number of imide groups is 1. The Hall–Kier alpha value is -3.51. The fourth-order valence-corrected chi connectivity index (χ4v) is 5.11.